The quantitative estimate of drug-likeness (QED) is 0.575. The molecule has 1 aliphatic carbocycles. The standard InChI is InChI=1S/C16H24N2O3S/c1-3-17-15(20)12-7-5-11(6-8-12)10-18-14(19)9-13(16(18)21)22-4-2/h3,11-13H,4-10H2,1-2H3. The van der Waals surface area contributed by atoms with Gasteiger partial charge in [-0.1, -0.05) is 6.92 Å². The predicted octanol–water partition coefficient (Wildman–Crippen LogP) is 2.29. The molecule has 1 heterocycles. The van der Waals surface area contributed by atoms with Gasteiger partial charge in [0.15, 0.2) is 0 Å². The third-order valence-electron chi connectivity index (χ3n) is 4.46. The third-order valence-corrected chi connectivity index (χ3v) is 5.57. The van der Waals surface area contributed by atoms with Gasteiger partial charge in [0, 0.05) is 25.1 Å². The average molecular weight is 324 g/mol. The molecule has 2 fully saturated rings. The minimum atomic E-state index is -0.186. The Morgan fingerprint density at radius 2 is 2.00 bits per heavy atom. The van der Waals surface area contributed by atoms with E-state index in [2.05, 4.69) is 4.99 Å². The van der Waals surface area contributed by atoms with E-state index in [1.165, 1.54) is 4.90 Å². The zero-order valence-corrected chi connectivity index (χ0v) is 14.1. The van der Waals surface area contributed by atoms with Crippen LogP contribution in [0.4, 0.5) is 0 Å². The van der Waals surface area contributed by atoms with Crippen LogP contribution in [0.3, 0.4) is 0 Å². The Bertz CT molecular complexity index is 470. The van der Waals surface area contributed by atoms with E-state index >= 15 is 0 Å². The maximum atomic E-state index is 12.2. The van der Waals surface area contributed by atoms with Crippen LogP contribution in [0, 0.1) is 11.8 Å². The molecule has 0 aromatic heterocycles. The number of carbonyl (C=O) groups excluding carboxylic acids is 3. The molecule has 0 aromatic rings. The van der Waals surface area contributed by atoms with Gasteiger partial charge < -0.3 is 0 Å². The molecule has 1 atom stereocenters. The molecule has 1 unspecified atom stereocenters. The zero-order chi connectivity index (χ0) is 16.1. The Labute approximate surface area is 135 Å². The highest BCUT2D eigenvalue weighted by atomic mass is 32.2. The van der Waals surface area contributed by atoms with Crippen molar-refractivity contribution in [3.63, 3.8) is 0 Å². The molecule has 0 radical (unpaired) electrons. The Balaban J connectivity index is 1.84. The van der Waals surface area contributed by atoms with Crippen molar-refractivity contribution in [3.05, 3.63) is 0 Å². The Kier molecular flexibility index (Phi) is 6.17. The molecule has 2 aliphatic rings. The highest BCUT2D eigenvalue weighted by molar-refractivity contribution is 8.00. The van der Waals surface area contributed by atoms with Gasteiger partial charge >= 0.3 is 0 Å². The molecule has 5 nitrogen and oxygen atoms in total. The minimum Gasteiger partial charge on any atom is -0.281 e. The third kappa shape index (κ3) is 3.97. The van der Waals surface area contributed by atoms with Crippen LogP contribution in [-0.4, -0.2) is 46.4 Å². The highest BCUT2D eigenvalue weighted by Crippen LogP contribution is 2.32. The maximum absolute atomic E-state index is 12.2. The van der Waals surface area contributed by atoms with Crippen LogP contribution in [0.5, 0.6) is 0 Å². The fourth-order valence-electron chi connectivity index (χ4n) is 3.26. The molecule has 122 valence electrons. The number of rotatable bonds is 5. The summed E-state index contributed by atoms with van der Waals surface area (Å²) < 4.78 is 0. The topological polar surface area (TPSA) is 66.8 Å². The molecule has 3 amide bonds. The molecule has 2 rings (SSSR count). The summed E-state index contributed by atoms with van der Waals surface area (Å²) in [7, 11) is 0. The summed E-state index contributed by atoms with van der Waals surface area (Å²) in [6.07, 6.45) is 5.28. The van der Waals surface area contributed by atoms with Gasteiger partial charge in [0.05, 0.1) is 5.25 Å². The number of likely N-dealkylation sites (tertiary alicyclic amines) is 1. The molecule has 0 N–H and O–H groups in total. The Morgan fingerprint density at radius 1 is 1.32 bits per heavy atom. The zero-order valence-electron chi connectivity index (χ0n) is 13.3. The molecular formula is C16H24N2O3S. The lowest BCUT2D eigenvalue weighted by atomic mass is 9.81. The van der Waals surface area contributed by atoms with Crippen LogP contribution in [0.25, 0.3) is 0 Å². The van der Waals surface area contributed by atoms with Crippen molar-refractivity contribution in [3.8, 4) is 0 Å². The number of nitrogens with zero attached hydrogens (tertiary/aromatic N) is 2. The fraction of sp³-hybridized carbons (Fsp3) is 0.750. The highest BCUT2D eigenvalue weighted by Gasteiger charge is 2.40. The first-order valence-electron chi connectivity index (χ1n) is 8.05. The minimum absolute atomic E-state index is 0.0147. The second kappa shape index (κ2) is 7.90. The first-order chi connectivity index (χ1) is 10.6. The molecule has 6 heteroatoms. The SMILES string of the molecule is CC=NC(=O)C1CCC(CN2C(=O)CC(SCC)C2=O)CC1. The summed E-state index contributed by atoms with van der Waals surface area (Å²) in [6, 6.07) is 0. The monoisotopic (exact) mass is 324 g/mol. The summed E-state index contributed by atoms with van der Waals surface area (Å²) in [5.74, 6) is 1.10. The second-order valence-electron chi connectivity index (χ2n) is 5.93. The van der Waals surface area contributed by atoms with E-state index in [1.807, 2.05) is 6.92 Å². The number of hydrogen-bond acceptors (Lipinski definition) is 4. The Hall–Kier alpha value is -1.17. The summed E-state index contributed by atoms with van der Waals surface area (Å²) in [6.45, 7) is 4.28. The molecule has 22 heavy (non-hydrogen) atoms. The summed E-state index contributed by atoms with van der Waals surface area (Å²) in [4.78, 5) is 41.3. The van der Waals surface area contributed by atoms with Crippen LogP contribution in [0.15, 0.2) is 4.99 Å². The average Bonchev–Trinajstić information content (AvgIpc) is 2.76. The van der Waals surface area contributed by atoms with Gasteiger partial charge in [0.25, 0.3) is 0 Å². The van der Waals surface area contributed by atoms with Crippen LogP contribution in [0.1, 0.15) is 46.0 Å². The van der Waals surface area contributed by atoms with Gasteiger partial charge in [-0.15, -0.1) is 11.8 Å². The van der Waals surface area contributed by atoms with Crippen molar-refractivity contribution < 1.29 is 14.4 Å². The number of carbonyl (C=O) groups is 3. The van der Waals surface area contributed by atoms with Gasteiger partial charge in [-0.2, -0.15) is 0 Å². The fourth-order valence-corrected chi connectivity index (χ4v) is 4.19. The van der Waals surface area contributed by atoms with Crippen LogP contribution < -0.4 is 0 Å². The van der Waals surface area contributed by atoms with Crippen molar-refractivity contribution in [1.29, 1.82) is 0 Å². The van der Waals surface area contributed by atoms with Crippen molar-refractivity contribution in [2.75, 3.05) is 12.3 Å². The van der Waals surface area contributed by atoms with Crippen molar-refractivity contribution >= 4 is 35.7 Å². The van der Waals surface area contributed by atoms with E-state index in [4.69, 9.17) is 0 Å². The number of amides is 3. The van der Waals surface area contributed by atoms with Crippen LogP contribution in [-0.2, 0) is 14.4 Å². The molecule has 0 spiro atoms. The largest absolute Gasteiger partial charge is 0.281 e. The summed E-state index contributed by atoms with van der Waals surface area (Å²) >= 11 is 1.55. The number of hydrogen-bond donors (Lipinski definition) is 0. The molecular weight excluding hydrogens is 300 g/mol. The first-order valence-corrected chi connectivity index (χ1v) is 9.10. The molecule has 0 aromatic carbocycles. The van der Waals surface area contributed by atoms with Crippen molar-refractivity contribution in [2.45, 2.75) is 51.2 Å². The molecule has 1 saturated heterocycles. The van der Waals surface area contributed by atoms with Gasteiger partial charge in [0.1, 0.15) is 0 Å². The smallest absolute Gasteiger partial charge is 0.248 e. The van der Waals surface area contributed by atoms with Crippen molar-refractivity contribution in [1.82, 2.24) is 4.90 Å². The molecule has 1 saturated carbocycles. The van der Waals surface area contributed by atoms with E-state index in [0.29, 0.717) is 18.9 Å². The van der Waals surface area contributed by atoms with Gasteiger partial charge in [-0.25, -0.2) is 4.99 Å². The second-order valence-corrected chi connectivity index (χ2v) is 7.41. The Morgan fingerprint density at radius 3 is 2.59 bits per heavy atom. The first kappa shape index (κ1) is 17.2. The molecule has 0 bridgehead atoms. The van der Waals surface area contributed by atoms with Crippen LogP contribution in [0.2, 0.25) is 0 Å². The number of thioether (sulfide) groups is 1. The maximum Gasteiger partial charge on any atom is 0.248 e. The lowest BCUT2D eigenvalue weighted by molar-refractivity contribution is -0.139. The normalized spacial score (nSPS) is 29.5. The van der Waals surface area contributed by atoms with E-state index in [-0.39, 0.29) is 28.9 Å². The van der Waals surface area contributed by atoms with E-state index in [9.17, 15) is 14.4 Å². The number of aliphatic imine (C=N–C) groups is 1. The van der Waals surface area contributed by atoms with Gasteiger partial charge in [-0.05, 0) is 44.3 Å². The van der Waals surface area contributed by atoms with E-state index in [0.717, 1.165) is 31.4 Å². The predicted molar refractivity (Wildman–Crippen MR) is 87.9 cm³/mol. The molecule has 1 aliphatic heterocycles. The lowest BCUT2D eigenvalue weighted by Gasteiger charge is -2.29. The summed E-state index contributed by atoms with van der Waals surface area (Å²) in [5.41, 5.74) is 0. The van der Waals surface area contributed by atoms with Crippen LogP contribution >= 0.6 is 11.8 Å². The van der Waals surface area contributed by atoms with Gasteiger partial charge in [-0.3, -0.25) is 19.3 Å². The van der Waals surface area contributed by atoms with E-state index in [1.54, 1.807) is 24.9 Å². The van der Waals surface area contributed by atoms with Gasteiger partial charge in [0.2, 0.25) is 17.7 Å². The van der Waals surface area contributed by atoms with E-state index < -0.39 is 0 Å². The summed E-state index contributed by atoms with van der Waals surface area (Å²) in [5, 5.41) is -0.186. The lowest BCUT2D eigenvalue weighted by Crippen LogP contribution is -2.37. The number of imide groups is 1. The van der Waals surface area contributed by atoms with Crippen molar-refractivity contribution in [2.24, 2.45) is 16.8 Å².